The van der Waals surface area contributed by atoms with Crippen LogP contribution in [-0.4, -0.2) is 28.2 Å². The van der Waals surface area contributed by atoms with Crippen LogP contribution >= 0.6 is 0 Å². The first kappa shape index (κ1) is 12.3. The van der Waals surface area contributed by atoms with Gasteiger partial charge in [0.05, 0.1) is 24.7 Å². The van der Waals surface area contributed by atoms with Crippen molar-refractivity contribution in [2.24, 2.45) is 5.92 Å². The molecule has 1 aromatic heterocycles. The predicted octanol–water partition coefficient (Wildman–Crippen LogP) is 1.99. The van der Waals surface area contributed by atoms with Gasteiger partial charge < -0.3 is 10.0 Å². The van der Waals surface area contributed by atoms with Crippen LogP contribution in [0, 0.1) is 5.92 Å². The summed E-state index contributed by atoms with van der Waals surface area (Å²) in [5, 5.41) is 9.08. The van der Waals surface area contributed by atoms with Gasteiger partial charge in [0.25, 0.3) is 0 Å². The Morgan fingerprint density at radius 3 is 3.00 bits per heavy atom. The van der Waals surface area contributed by atoms with Crippen LogP contribution in [0.15, 0.2) is 12.4 Å². The van der Waals surface area contributed by atoms with Crippen LogP contribution in [0.3, 0.4) is 0 Å². The highest BCUT2D eigenvalue weighted by Gasteiger charge is 2.17. The van der Waals surface area contributed by atoms with Crippen LogP contribution in [0.5, 0.6) is 0 Å². The van der Waals surface area contributed by atoms with Crippen LogP contribution in [-0.2, 0) is 6.61 Å². The molecule has 4 nitrogen and oxygen atoms in total. The van der Waals surface area contributed by atoms with Gasteiger partial charge in [-0.1, -0.05) is 13.3 Å². The Hall–Kier alpha value is -1.16. The Bertz CT molecular complexity index is 356. The second-order valence-corrected chi connectivity index (χ2v) is 4.72. The summed E-state index contributed by atoms with van der Waals surface area (Å²) in [6.07, 6.45) is 8.48. The van der Waals surface area contributed by atoms with Crippen LogP contribution < -0.4 is 4.90 Å². The molecule has 4 heteroatoms. The molecule has 0 aliphatic carbocycles. The minimum Gasteiger partial charge on any atom is -0.390 e. The summed E-state index contributed by atoms with van der Waals surface area (Å²) in [4.78, 5) is 10.9. The summed E-state index contributed by atoms with van der Waals surface area (Å²) in [6.45, 7) is 4.35. The fourth-order valence-corrected chi connectivity index (χ4v) is 2.43. The number of aliphatic hydroxyl groups is 1. The molecule has 1 aliphatic heterocycles. The minimum absolute atomic E-state index is 0.0355. The maximum atomic E-state index is 9.08. The summed E-state index contributed by atoms with van der Waals surface area (Å²) in [5.41, 5.74) is 0.652. The molecular weight excluding hydrogens is 214 g/mol. The van der Waals surface area contributed by atoms with Crippen molar-refractivity contribution in [3.63, 3.8) is 0 Å². The second kappa shape index (κ2) is 5.96. The zero-order valence-corrected chi connectivity index (χ0v) is 10.5. The van der Waals surface area contributed by atoms with E-state index in [0.717, 1.165) is 24.8 Å². The zero-order valence-electron chi connectivity index (χ0n) is 10.5. The summed E-state index contributed by atoms with van der Waals surface area (Å²) < 4.78 is 0. The van der Waals surface area contributed by atoms with E-state index in [1.807, 2.05) is 0 Å². The van der Waals surface area contributed by atoms with E-state index in [4.69, 9.17) is 5.11 Å². The fraction of sp³-hybridized carbons (Fsp3) is 0.692. The van der Waals surface area contributed by atoms with Crippen molar-refractivity contribution in [2.45, 2.75) is 39.2 Å². The maximum Gasteiger partial charge on any atom is 0.147 e. The molecule has 1 N–H and O–H groups in total. The van der Waals surface area contributed by atoms with E-state index in [0.29, 0.717) is 5.69 Å². The summed E-state index contributed by atoms with van der Waals surface area (Å²) in [6, 6.07) is 0. The van der Waals surface area contributed by atoms with Crippen molar-refractivity contribution in [1.82, 2.24) is 9.97 Å². The normalized spacial score (nSPS) is 21.3. The fourth-order valence-electron chi connectivity index (χ4n) is 2.43. The average molecular weight is 235 g/mol. The third-order valence-electron chi connectivity index (χ3n) is 3.58. The van der Waals surface area contributed by atoms with Crippen LogP contribution in [0.1, 0.15) is 38.3 Å². The Kier molecular flexibility index (Phi) is 4.31. The number of aliphatic hydroxyl groups excluding tert-OH is 1. The summed E-state index contributed by atoms with van der Waals surface area (Å²) in [5.74, 6) is 1.77. The van der Waals surface area contributed by atoms with Crippen molar-refractivity contribution in [3.8, 4) is 0 Å². The van der Waals surface area contributed by atoms with E-state index in [9.17, 15) is 0 Å². The number of anilines is 1. The zero-order chi connectivity index (χ0) is 12.1. The number of rotatable bonds is 3. The molecule has 1 saturated heterocycles. The molecule has 0 aromatic carbocycles. The van der Waals surface area contributed by atoms with Crippen molar-refractivity contribution in [2.75, 3.05) is 18.0 Å². The molecule has 0 saturated carbocycles. The highest BCUT2D eigenvalue weighted by Crippen LogP contribution is 2.22. The Balaban J connectivity index is 2.05. The Morgan fingerprint density at radius 1 is 1.35 bits per heavy atom. The minimum atomic E-state index is -0.0355. The Morgan fingerprint density at radius 2 is 2.24 bits per heavy atom. The SMILES string of the molecule is CCC1CCCN(c2cncc(CO)n2)CC1. The molecule has 94 valence electrons. The van der Waals surface area contributed by atoms with E-state index in [1.165, 1.54) is 25.7 Å². The van der Waals surface area contributed by atoms with Gasteiger partial charge in [-0.25, -0.2) is 4.98 Å². The van der Waals surface area contributed by atoms with Gasteiger partial charge in [0, 0.05) is 13.1 Å². The lowest BCUT2D eigenvalue weighted by Crippen LogP contribution is -2.25. The second-order valence-electron chi connectivity index (χ2n) is 4.72. The molecule has 17 heavy (non-hydrogen) atoms. The monoisotopic (exact) mass is 235 g/mol. The first-order valence-electron chi connectivity index (χ1n) is 6.50. The number of hydrogen-bond donors (Lipinski definition) is 1. The maximum absolute atomic E-state index is 9.08. The van der Waals surface area contributed by atoms with Crippen LogP contribution in [0.25, 0.3) is 0 Å². The van der Waals surface area contributed by atoms with Gasteiger partial charge in [0.1, 0.15) is 5.82 Å². The molecule has 0 spiro atoms. The highest BCUT2D eigenvalue weighted by molar-refractivity contribution is 5.36. The first-order chi connectivity index (χ1) is 8.33. The lowest BCUT2D eigenvalue weighted by atomic mass is 9.98. The third kappa shape index (κ3) is 3.16. The molecule has 1 aliphatic rings. The van der Waals surface area contributed by atoms with E-state index in [2.05, 4.69) is 21.8 Å². The van der Waals surface area contributed by atoms with E-state index < -0.39 is 0 Å². The molecule has 2 rings (SSSR count). The van der Waals surface area contributed by atoms with E-state index >= 15 is 0 Å². The number of hydrogen-bond acceptors (Lipinski definition) is 4. The molecule has 1 aromatic rings. The van der Waals surface area contributed by atoms with E-state index in [1.54, 1.807) is 12.4 Å². The quantitative estimate of drug-likeness (QED) is 0.870. The largest absolute Gasteiger partial charge is 0.390 e. The lowest BCUT2D eigenvalue weighted by Gasteiger charge is -2.21. The van der Waals surface area contributed by atoms with Crippen molar-refractivity contribution in [3.05, 3.63) is 18.1 Å². The van der Waals surface area contributed by atoms with Gasteiger partial charge in [-0.15, -0.1) is 0 Å². The van der Waals surface area contributed by atoms with Gasteiger partial charge in [-0.05, 0) is 25.2 Å². The molecule has 2 heterocycles. The van der Waals surface area contributed by atoms with Gasteiger partial charge in [-0.3, -0.25) is 4.98 Å². The van der Waals surface area contributed by atoms with Gasteiger partial charge in [0.2, 0.25) is 0 Å². The molecule has 1 atom stereocenters. The predicted molar refractivity (Wildman–Crippen MR) is 67.8 cm³/mol. The van der Waals surface area contributed by atoms with Crippen molar-refractivity contribution in [1.29, 1.82) is 0 Å². The van der Waals surface area contributed by atoms with Gasteiger partial charge >= 0.3 is 0 Å². The summed E-state index contributed by atoms with van der Waals surface area (Å²) in [7, 11) is 0. The Labute approximate surface area is 103 Å². The van der Waals surface area contributed by atoms with Gasteiger partial charge in [-0.2, -0.15) is 0 Å². The van der Waals surface area contributed by atoms with Gasteiger partial charge in [0.15, 0.2) is 0 Å². The molecule has 1 fully saturated rings. The summed E-state index contributed by atoms with van der Waals surface area (Å²) >= 11 is 0. The van der Waals surface area contributed by atoms with Crippen molar-refractivity contribution < 1.29 is 5.11 Å². The standard InChI is InChI=1S/C13H21N3O/c1-2-11-4-3-6-16(7-5-11)13-9-14-8-12(10-17)15-13/h8-9,11,17H,2-7,10H2,1H3. The first-order valence-corrected chi connectivity index (χ1v) is 6.50. The molecular formula is C13H21N3O. The molecule has 0 amide bonds. The van der Waals surface area contributed by atoms with E-state index in [-0.39, 0.29) is 6.61 Å². The van der Waals surface area contributed by atoms with Crippen LogP contribution in [0.4, 0.5) is 5.82 Å². The number of aromatic nitrogens is 2. The van der Waals surface area contributed by atoms with Crippen molar-refractivity contribution >= 4 is 5.82 Å². The highest BCUT2D eigenvalue weighted by atomic mass is 16.3. The lowest BCUT2D eigenvalue weighted by molar-refractivity contribution is 0.276. The molecule has 0 radical (unpaired) electrons. The average Bonchev–Trinajstić information content (AvgIpc) is 2.64. The smallest absolute Gasteiger partial charge is 0.147 e. The molecule has 1 unspecified atom stereocenters. The van der Waals surface area contributed by atoms with Crippen LogP contribution in [0.2, 0.25) is 0 Å². The molecule has 0 bridgehead atoms. The topological polar surface area (TPSA) is 49.2 Å². The number of nitrogens with zero attached hydrogens (tertiary/aromatic N) is 3. The third-order valence-corrected chi connectivity index (χ3v) is 3.58.